The smallest absolute Gasteiger partial charge is 0.437 e. The van der Waals surface area contributed by atoms with Crippen molar-refractivity contribution in [1.29, 1.82) is 0 Å². The summed E-state index contributed by atoms with van der Waals surface area (Å²) >= 11 is 5.82. The molecule has 0 bridgehead atoms. The number of ether oxygens (including phenoxy) is 1. The van der Waals surface area contributed by atoms with Crippen LogP contribution in [0, 0.1) is 5.92 Å². The zero-order chi connectivity index (χ0) is 18.1. The van der Waals surface area contributed by atoms with Gasteiger partial charge in [0, 0.05) is 5.02 Å². The van der Waals surface area contributed by atoms with Crippen LogP contribution in [0.5, 0.6) is 0 Å². The van der Waals surface area contributed by atoms with E-state index < -0.39 is 35.9 Å². The largest absolute Gasteiger partial charge is 0.466 e. The number of nitrogens with one attached hydrogen (secondary N) is 2. The lowest BCUT2D eigenvalue weighted by Crippen LogP contribution is -2.73. The SMILES string of the molecule is CCOC(=O)[C@H]1[C@@H](c2cccc(Cl)c2)NC(=O)N[C@]1(O)C(F)(F)F. The molecule has 2 amide bonds. The highest BCUT2D eigenvalue weighted by molar-refractivity contribution is 6.30. The second-order valence-electron chi connectivity index (χ2n) is 5.12. The third-order valence-electron chi connectivity index (χ3n) is 3.55. The van der Waals surface area contributed by atoms with Gasteiger partial charge in [-0.1, -0.05) is 23.7 Å². The standard InChI is InChI=1S/C14H14ClF3N2O4/c1-2-24-11(21)9-10(7-4-3-5-8(15)6-7)19-12(22)20-13(9,23)14(16,17)18/h3-6,9-10,23H,2H2,1H3,(H2,19,20,22)/t9-,10-,13-/m1/s1. The number of aliphatic hydroxyl groups is 1. The minimum atomic E-state index is -5.31. The van der Waals surface area contributed by atoms with Gasteiger partial charge in [-0.05, 0) is 24.6 Å². The second-order valence-corrected chi connectivity index (χ2v) is 5.56. The van der Waals surface area contributed by atoms with Gasteiger partial charge in [0.25, 0.3) is 5.72 Å². The summed E-state index contributed by atoms with van der Waals surface area (Å²) in [6, 6.07) is 2.83. The van der Waals surface area contributed by atoms with E-state index >= 15 is 0 Å². The number of amides is 2. The molecule has 1 fully saturated rings. The third kappa shape index (κ3) is 3.27. The topological polar surface area (TPSA) is 87.7 Å². The molecule has 0 unspecified atom stereocenters. The van der Waals surface area contributed by atoms with Crippen LogP contribution in [0.25, 0.3) is 0 Å². The van der Waals surface area contributed by atoms with Gasteiger partial charge < -0.3 is 20.5 Å². The number of hydrogen-bond donors (Lipinski definition) is 3. The first-order valence-electron chi connectivity index (χ1n) is 6.90. The normalized spacial score (nSPS) is 27.2. The maximum atomic E-state index is 13.4. The highest BCUT2D eigenvalue weighted by Gasteiger charge is 2.67. The van der Waals surface area contributed by atoms with Crippen molar-refractivity contribution in [2.45, 2.75) is 24.9 Å². The Labute approximate surface area is 139 Å². The van der Waals surface area contributed by atoms with Gasteiger partial charge in [0.2, 0.25) is 0 Å². The number of alkyl halides is 3. The van der Waals surface area contributed by atoms with Gasteiger partial charge in [0.15, 0.2) is 0 Å². The lowest BCUT2D eigenvalue weighted by Gasteiger charge is -2.44. The van der Waals surface area contributed by atoms with Gasteiger partial charge in [-0.3, -0.25) is 4.79 Å². The first-order valence-corrected chi connectivity index (χ1v) is 7.28. The van der Waals surface area contributed by atoms with Crippen LogP contribution in [0.3, 0.4) is 0 Å². The number of rotatable bonds is 3. The van der Waals surface area contributed by atoms with Crippen LogP contribution in [0.4, 0.5) is 18.0 Å². The number of halogens is 4. The van der Waals surface area contributed by atoms with Crippen LogP contribution in [-0.4, -0.2) is 35.6 Å². The van der Waals surface area contributed by atoms with E-state index in [1.54, 1.807) is 0 Å². The zero-order valence-electron chi connectivity index (χ0n) is 12.4. The van der Waals surface area contributed by atoms with Crippen LogP contribution in [-0.2, 0) is 9.53 Å². The molecule has 0 aliphatic carbocycles. The molecule has 0 aromatic heterocycles. The second kappa shape index (κ2) is 6.48. The summed E-state index contributed by atoms with van der Waals surface area (Å²) < 4.78 is 44.8. The minimum absolute atomic E-state index is 0.123. The van der Waals surface area contributed by atoms with Crippen molar-refractivity contribution < 1.29 is 32.6 Å². The fraction of sp³-hybridized carbons (Fsp3) is 0.429. The molecule has 3 atom stereocenters. The fourth-order valence-electron chi connectivity index (χ4n) is 2.51. The Bertz CT molecular complexity index is 655. The summed E-state index contributed by atoms with van der Waals surface area (Å²) in [7, 11) is 0. The highest BCUT2D eigenvalue weighted by atomic mass is 35.5. The van der Waals surface area contributed by atoms with E-state index in [0.29, 0.717) is 0 Å². The molecule has 1 aliphatic heterocycles. The lowest BCUT2D eigenvalue weighted by atomic mass is 9.82. The molecule has 2 rings (SSSR count). The Hall–Kier alpha value is -2.00. The van der Waals surface area contributed by atoms with Crippen molar-refractivity contribution in [3.05, 3.63) is 34.9 Å². The Balaban J connectivity index is 2.57. The average molecular weight is 367 g/mol. The van der Waals surface area contributed by atoms with Gasteiger partial charge in [-0.15, -0.1) is 0 Å². The first kappa shape index (κ1) is 18.3. The molecule has 0 radical (unpaired) electrons. The zero-order valence-corrected chi connectivity index (χ0v) is 13.1. The molecule has 6 nitrogen and oxygen atoms in total. The minimum Gasteiger partial charge on any atom is -0.466 e. The summed E-state index contributed by atoms with van der Waals surface area (Å²) in [6.07, 6.45) is -5.31. The molecule has 132 valence electrons. The van der Waals surface area contributed by atoms with E-state index in [4.69, 9.17) is 11.6 Å². The van der Waals surface area contributed by atoms with E-state index in [0.717, 1.165) is 0 Å². The van der Waals surface area contributed by atoms with Crippen molar-refractivity contribution in [2.24, 2.45) is 5.92 Å². The van der Waals surface area contributed by atoms with Crippen molar-refractivity contribution in [3.63, 3.8) is 0 Å². The predicted octanol–water partition coefficient (Wildman–Crippen LogP) is 2.12. The quantitative estimate of drug-likeness (QED) is 0.715. The molecule has 0 saturated carbocycles. The molecule has 10 heteroatoms. The lowest BCUT2D eigenvalue weighted by molar-refractivity contribution is -0.294. The summed E-state index contributed by atoms with van der Waals surface area (Å²) in [4.78, 5) is 23.8. The summed E-state index contributed by atoms with van der Waals surface area (Å²) in [5, 5.41) is 13.9. The Morgan fingerprint density at radius 1 is 1.46 bits per heavy atom. The first-order chi connectivity index (χ1) is 11.1. The van der Waals surface area contributed by atoms with E-state index in [1.165, 1.54) is 36.5 Å². The third-order valence-corrected chi connectivity index (χ3v) is 3.79. The van der Waals surface area contributed by atoms with Gasteiger partial charge in [-0.2, -0.15) is 13.2 Å². The van der Waals surface area contributed by atoms with E-state index in [-0.39, 0.29) is 17.2 Å². The molecule has 1 aromatic carbocycles. The average Bonchev–Trinajstić information content (AvgIpc) is 2.45. The number of carbonyl (C=O) groups excluding carboxylic acids is 2. The van der Waals surface area contributed by atoms with Gasteiger partial charge >= 0.3 is 18.2 Å². The number of benzene rings is 1. The number of urea groups is 1. The molecule has 1 saturated heterocycles. The van der Waals surface area contributed by atoms with E-state index in [1.807, 2.05) is 0 Å². The van der Waals surface area contributed by atoms with Crippen molar-refractivity contribution in [1.82, 2.24) is 10.6 Å². The summed E-state index contributed by atoms with van der Waals surface area (Å²) in [5.41, 5.74) is -3.66. The van der Waals surface area contributed by atoms with Gasteiger partial charge in [0.05, 0.1) is 12.6 Å². The number of carbonyl (C=O) groups is 2. The number of esters is 1. The Kier molecular flexibility index (Phi) is 4.95. The van der Waals surface area contributed by atoms with Crippen LogP contribution in [0.1, 0.15) is 18.5 Å². The maximum absolute atomic E-state index is 13.4. The fourth-order valence-corrected chi connectivity index (χ4v) is 2.71. The van der Waals surface area contributed by atoms with Gasteiger partial charge in [0.1, 0.15) is 5.92 Å². The van der Waals surface area contributed by atoms with E-state index in [9.17, 15) is 27.9 Å². The molecule has 24 heavy (non-hydrogen) atoms. The van der Waals surface area contributed by atoms with Gasteiger partial charge in [-0.25, -0.2) is 4.79 Å². The summed E-state index contributed by atoms with van der Waals surface area (Å²) in [5.74, 6) is -3.47. The van der Waals surface area contributed by atoms with Crippen molar-refractivity contribution in [2.75, 3.05) is 6.61 Å². The van der Waals surface area contributed by atoms with Crippen LogP contribution in [0.15, 0.2) is 24.3 Å². The maximum Gasteiger partial charge on any atom is 0.437 e. The van der Waals surface area contributed by atoms with Crippen LogP contribution < -0.4 is 10.6 Å². The van der Waals surface area contributed by atoms with Crippen molar-refractivity contribution >= 4 is 23.6 Å². The molecular formula is C14H14ClF3N2O4. The molecule has 1 aromatic rings. The molecule has 1 aliphatic rings. The van der Waals surface area contributed by atoms with Crippen LogP contribution >= 0.6 is 11.6 Å². The summed E-state index contributed by atoms with van der Waals surface area (Å²) in [6.45, 7) is 1.22. The molecule has 1 heterocycles. The Morgan fingerprint density at radius 2 is 2.12 bits per heavy atom. The molecule has 3 N–H and O–H groups in total. The molecular weight excluding hydrogens is 353 g/mol. The monoisotopic (exact) mass is 366 g/mol. The predicted molar refractivity (Wildman–Crippen MR) is 77.0 cm³/mol. The van der Waals surface area contributed by atoms with E-state index in [2.05, 4.69) is 10.1 Å². The van der Waals surface area contributed by atoms with Crippen molar-refractivity contribution in [3.8, 4) is 0 Å². The molecule has 0 spiro atoms. The number of hydrogen-bond acceptors (Lipinski definition) is 4. The van der Waals surface area contributed by atoms with Crippen LogP contribution in [0.2, 0.25) is 5.02 Å². The highest BCUT2D eigenvalue weighted by Crippen LogP contribution is 2.43. The Morgan fingerprint density at radius 3 is 2.67 bits per heavy atom.